The Bertz CT molecular complexity index is 844. The minimum atomic E-state index is -0.212. The topological polar surface area (TPSA) is 59.3 Å². The molecule has 0 radical (unpaired) electrons. The van der Waals surface area contributed by atoms with E-state index in [1.54, 1.807) is 16.6 Å². The third-order valence-electron chi connectivity index (χ3n) is 2.87. The van der Waals surface area contributed by atoms with Crippen molar-refractivity contribution in [1.82, 2.24) is 14.6 Å². The zero-order chi connectivity index (χ0) is 15.0. The van der Waals surface area contributed by atoms with E-state index in [4.69, 9.17) is 23.2 Å². The summed E-state index contributed by atoms with van der Waals surface area (Å²) in [6, 6.07) is 9.13. The van der Waals surface area contributed by atoms with Crippen LogP contribution < -0.4 is 5.32 Å². The van der Waals surface area contributed by atoms with E-state index < -0.39 is 0 Å². The average molecular weight is 321 g/mol. The number of nitrogens with one attached hydrogen (secondary N) is 1. The molecule has 0 aliphatic rings. The number of pyridine rings is 1. The summed E-state index contributed by atoms with van der Waals surface area (Å²) in [5, 5.41) is 7.74. The standard InChI is InChI=1S/C14H10Cl2N4O/c1-8(21)17-14-18-13-5-3-10(7-20(13)19-14)9-2-4-11(15)12(16)6-9/h2-7H,1H3,(H,17,19,21). The smallest absolute Gasteiger partial charge is 0.249 e. The zero-order valence-electron chi connectivity index (χ0n) is 11.0. The molecule has 3 aromatic rings. The van der Waals surface area contributed by atoms with Crippen LogP contribution >= 0.6 is 23.2 Å². The number of nitrogens with zero attached hydrogens (tertiary/aromatic N) is 3. The summed E-state index contributed by atoms with van der Waals surface area (Å²) in [5.41, 5.74) is 2.48. The Balaban J connectivity index is 2.03. The van der Waals surface area contributed by atoms with E-state index in [-0.39, 0.29) is 11.9 Å². The second-order valence-corrected chi connectivity index (χ2v) is 5.28. The Labute approximate surface area is 130 Å². The highest BCUT2D eigenvalue weighted by Crippen LogP contribution is 2.28. The maximum atomic E-state index is 11.0. The minimum absolute atomic E-state index is 0.212. The molecule has 1 amide bonds. The highest BCUT2D eigenvalue weighted by atomic mass is 35.5. The van der Waals surface area contributed by atoms with E-state index in [1.807, 2.05) is 24.4 Å². The van der Waals surface area contributed by atoms with Crippen molar-refractivity contribution in [2.75, 3.05) is 5.32 Å². The predicted molar refractivity (Wildman–Crippen MR) is 82.7 cm³/mol. The molecule has 2 heterocycles. The van der Waals surface area contributed by atoms with Gasteiger partial charge in [-0.05, 0) is 29.8 Å². The van der Waals surface area contributed by atoms with Crippen molar-refractivity contribution in [3.05, 3.63) is 46.6 Å². The van der Waals surface area contributed by atoms with Gasteiger partial charge in [-0.15, -0.1) is 5.10 Å². The molecule has 3 rings (SSSR count). The maximum Gasteiger partial charge on any atom is 0.249 e. The Morgan fingerprint density at radius 3 is 2.62 bits per heavy atom. The highest BCUT2D eigenvalue weighted by molar-refractivity contribution is 6.42. The Kier molecular flexibility index (Phi) is 3.53. The second-order valence-electron chi connectivity index (χ2n) is 4.47. The molecule has 0 aliphatic carbocycles. The number of amides is 1. The van der Waals surface area contributed by atoms with Gasteiger partial charge in [0.15, 0.2) is 5.65 Å². The lowest BCUT2D eigenvalue weighted by molar-refractivity contribution is -0.114. The van der Waals surface area contributed by atoms with Crippen LogP contribution in [-0.4, -0.2) is 20.5 Å². The molecule has 0 saturated carbocycles. The van der Waals surface area contributed by atoms with Crippen LogP contribution in [0.25, 0.3) is 16.8 Å². The van der Waals surface area contributed by atoms with Gasteiger partial charge in [0.05, 0.1) is 10.0 Å². The van der Waals surface area contributed by atoms with Gasteiger partial charge in [-0.1, -0.05) is 29.3 Å². The summed E-state index contributed by atoms with van der Waals surface area (Å²) >= 11 is 11.9. The number of carbonyl (C=O) groups excluding carboxylic acids is 1. The molecule has 1 N–H and O–H groups in total. The molecular formula is C14H10Cl2N4O. The molecule has 0 bridgehead atoms. The molecule has 0 unspecified atom stereocenters. The van der Waals surface area contributed by atoms with Crippen LogP contribution in [0.15, 0.2) is 36.5 Å². The summed E-state index contributed by atoms with van der Waals surface area (Å²) in [6.07, 6.45) is 1.81. The first kappa shape index (κ1) is 13.9. The third-order valence-corrected chi connectivity index (χ3v) is 3.61. The van der Waals surface area contributed by atoms with Crippen molar-refractivity contribution in [3.8, 4) is 11.1 Å². The lowest BCUT2D eigenvalue weighted by Gasteiger charge is -2.03. The van der Waals surface area contributed by atoms with Crippen molar-refractivity contribution in [1.29, 1.82) is 0 Å². The number of benzene rings is 1. The van der Waals surface area contributed by atoms with E-state index in [2.05, 4.69) is 15.4 Å². The van der Waals surface area contributed by atoms with Crippen molar-refractivity contribution < 1.29 is 4.79 Å². The van der Waals surface area contributed by atoms with Crippen LogP contribution in [0.1, 0.15) is 6.92 Å². The summed E-state index contributed by atoms with van der Waals surface area (Å²) < 4.78 is 1.60. The van der Waals surface area contributed by atoms with Gasteiger partial charge in [-0.2, -0.15) is 4.98 Å². The van der Waals surface area contributed by atoms with Crippen LogP contribution in [0.2, 0.25) is 10.0 Å². The van der Waals surface area contributed by atoms with Crippen LogP contribution in [0.3, 0.4) is 0 Å². The molecule has 5 nitrogen and oxygen atoms in total. The molecular weight excluding hydrogens is 311 g/mol. The normalized spacial score (nSPS) is 10.8. The quantitative estimate of drug-likeness (QED) is 0.783. The Morgan fingerprint density at radius 2 is 1.90 bits per heavy atom. The van der Waals surface area contributed by atoms with E-state index in [0.717, 1.165) is 11.1 Å². The zero-order valence-corrected chi connectivity index (χ0v) is 12.5. The summed E-state index contributed by atoms with van der Waals surface area (Å²) in [5.74, 6) is 0.0596. The molecule has 0 aliphatic heterocycles. The monoisotopic (exact) mass is 320 g/mol. The van der Waals surface area contributed by atoms with Crippen LogP contribution in [-0.2, 0) is 4.79 Å². The number of fused-ring (bicyclic) bond motifs is 1. The third kappa shape index (κ3) is 2.84. The first-order valence-corrected chi connectivity index (χ1v) is 6.88. The van der Waals surface area contributed by atoms with Crippen LogP contribution in [0.4, 0.5) is 5.95 Å². The van der Waals surface area contributed by atoms with Crippen molar-refractivity contribution in [2.45, 2.75) is 6.92 Å². The van der Waals surface area contributed by atoms with Gasteiger partial charge in [-0.25, -0.2) is 4.52 Å². The van der Waals surface area contributed by atoms with Gasteiger partial charge >= 0.3 is 0 Å². The number of anilines is 1. The highest BCUT2D eigenvalue weighted by Gasteiger charge is 2.07. The van der Waals surface area contributed by atoms with Crippen molar-refractivity contribution >= 4 is 40.7 Å². The number of rotatable bonds is 2. The lowest BCUT2D eigenvalue weighted by atomic mass is 10.1. The first-order chi connectivity index (χ1) is 10.0. The summed E-state index contributed by atoms with van der Waals surface area (Å²) in [4.78, 5) is 15.2. The Hall–Kier alpha value is -2.11. The number of carbonyl (C=O) groups is 1. The van der Waals surface area contributed by atoms with Gasteiger partial charge in [0.2, 0.25) is 11.9 Å². The fourth-order valence-corrected chi connectivity index (χ4v) is 2.24. The molecule has 0 fully saturated rings. The van der Waals surface area contributed by atoms with Crippen molar-refractivity contribution in [3.63, 3.8) is 0 Å². The SMILES string of the molecule is CC(=O)Nc1nc2ccc(-c3ccc(Cl)c(Cl)c3)cn2n1. The summed E-state index contributed by atoms with van der Waals surface area (Å²) in [6.45, 7) is 1.41. The van der Waals surface area contributed by atoms with Crippen LogP contribution in [0, 0.1) is 0 Å². The van der Waals surface area contributed by atoms with Gasteiger partial charge < -0.3 is 0 Å². The van der Waals surface area contributed by atoms with E-state index in [0.29, 0.717) is 15.7 Å². The summed E-state index contributed by atoms with van der Waals surface area (Å²) in [7, 11) is 0. The first-order valence-electron chi connectivity index (χ1n) is 6.12. The van der Waals surface area contributed by atoms with E-state index in [9.17, 15) is 4.79 Å². The van der Waals surface area contributed by atoms with Crippen molar-refractivity contribution in [2.24, 2.45) is 0 Å². The number of hydrogen-bond donors (Lipinski definition) is 1. The van der Waals surface area contributed by atoms with Crippen LogP contribution in [0.5, 0.6) is 0 Å². The maximum absolute atomic E-state index is 11.0. The van der Waals surface area contributed by atoms with Gasteiger partial charge in [0, 0.05) is 18.7 Å². The molecule has 7 heteroatoms. The fraction of sp³-hybridized carbons (Fsp3) is 0.0714. The minimum Gasteiger partial charge on any atom is -0.293 e. The van der Waals surface area contributed by atoms with E-state index >= 15 is 0 Å². The lowest BCUT2D eigenvalue weighted by Crippen LogP contribution is -2.07. The second kappa shape index (κ2) is 5.35. The van der Waals surface area contributed by atoms with Gasteiger partial charge in [-0.3, -0.25) is 10.1 Å². The molecule has 0 spiro atoms. The molecule has 2 aromatic heterocycles. The molecule has 21 heavy (non-hydrogen) atoms. The number of aromatic nitrogens is 3. The van der Waals surface area contributed by atoms with Gasteiger partial charge in [0.25, 0.3) is 0 Å². The molecule has 0 atom stereocenters. The predicted octanol–water partition coefficient (Wildman–Crippen LogP) is 3.66. The molecule has 106 valence electrons. The van der Waals surface area contributed by atoms with E-state index in [1.165, 1.54) is 6.92 Å². The number of halogens is 2. The Morgan fingerprint density at radius 1 is 1.14 bits per heavy atom. The molecule has 0 saturated heterocycles. The van der Waals surface area contributed by atoms with Gasteiger partial charge in [0.1, 0.15) is 0 Å². The molecule has 1 aromatic carbocycles. The largest absolute Gasteiger partial charge is 0.293 e. The average Bonchev–Trinajstić information content (AvgIpc) is 2.82. The number of hydrogen-bond acceptors (Lipinski definition) is 3. The fourth-order valence-electron chi connectivity index (χ4n) is 1.94.